The fourth-order valence-electron chi connectivity index (χ4n) is 4.88. The number of hydrogen-bond acceptors (Lipinski definition) is 2. The van der Waals surface area contributed by atoms with Crippen LogP contribution < -0.4 is 0 Å². The number of aromatic hydroxyl groups is 1. The Morgan fingerprint density at radius 3 is 1.97 bits per heavy atom. The van der Waals surface area contributed by atoms with Gasteiger partial charge in [0.1, 0.15) is 5.75 Å². The third kappa shape index (κ3) is 4.44. The van der Waals surface area contributed by atoms with Crippen molar-refractivity contribution in [3.05, 3.63) is 101 Å². The van der Waals surface area contributed by atoms with E-state index < -0.39 is 5.41 Å². The maximum atomic E-state index is 11.5. The van der Waals surface area contributed by atoms with Crippen molar-refractivity contribution in [2.24, 2.45) is 10.9 Å². The van der Waals surface area contributed by atoms with Gasteiger partial charge in [-0.05, 0) is 68.2 Å². The highest BCUT2D eigenvalue weighted by molar-refractivity contribution is 5.85. The van der Waals surface area contributed by atoms with E-state index in [9.17, 15) is 5.11 Å². The molecule has 0 radical (unpaired) electrons. The molecule has 3 aromatic carbocycles. The van der Waals surface area contributed by atoms with Crippen LogP contribution in [0.2, 0.25) is 0 Å². The standard InChI is InChI=1S/C29H33NO/c1-21-14-16-26(17-15-21)30-20-23-18-22(2)19-27(28(23)31)29(3,24-10-6-4-7-11-24)25-12-8-5-9-13-25/h4-13,18-21,26,31H,14-17H2,1-3H3. The SMILES string of the molecule is Cc1cc(C=NC2CCC(C)CC2)c(O)c(C(C)(c2ccccc2)c2ccccc2)c1. The second-order valence-corrected chi connectivity index (χ2v) is 9.30. The van der Waals surface area contributed by atoms with Crippen molar-refractivity contribution < 1.29 is 5.11 Å². The van der Waals surface area contributed by atoms with Gasteiger partial charge in [0.25, 0.3) is 0 Å². The first-order valence-corrected chi connectivity index (χ1v) is 11.5. The van der Waals surface area contributed by atoms with Crippen LogP contribution in [-0.2, 0) is 5.41 Å². The van der Waals surface area contributed by atoms with Crippen LogP contribution in [0.25, 0.3) is 0 Å². The van der Waals surface area contributed by atoms with Crippen LogP contribution in [0.3, 0.4) is 0 Å². The number of phenols is 1. The number of aryl methyl sites for hydroxylation is 1. The lowest BCUT2D eigenvalue weighted by Crippen LogP contribution is -2.26. The molecule has 1 aliphatic carbocycles. The number of hydrogen-bond donors (Lipinski definition) is 1. The van der Waals surface area contributed by atoms with Crippen molar-refractivity contribution in [2.45, 2.75) is 57.9 Å². The summed E-state index contributed by atoms with van der Waals surface area (Å²) in [5, 5.41) is 11.5. The highest BCUT2D eigenvalue weighted by atomic mass is 16.3. The number of nitrogens with zero attached hydrogens (tertiary/aromatic N) is 1. The summed E-state index contributed by atoms with van der Waals surface area (Å²) in [4.78, 5) is 4.87. The van der Waals surface area contributed by atoms with Gasteiger partial charge in [0.05, 0.1) is 0 Å². The van der Waals surface area contributed by atoms with E-state index in [0.29, 0.717) is 11.8 Å². The second kappa shape index (κ2) is 9.09. The Morgan fingerprint density at radius 2 is 1.42 bits per heavy atom. The van der Waals surface area contributed by atoms with Crippen molar-refractivity contribution >= 4 is 6.21 Å². The van der Waals surface area contributed by atoms with E-state index >= 15 is 0 Å². The third-order valence-electron chi connectivity index (χ3n) is 6.93. The number of rotatable bonds is 5. The summed E-state index contributed by atoms with van der Waals surface area (Å²) in [7, 11) is 0. The molecule has 0 atom stereocenters. The summed E-state index contributed by atoms with van der Waals surface area (Å²) in [6.45, 7) is 6.63. The molecule has 31 heavy (non-hydrogen) atoms. The molecule has 0 saturated heterocycles. The smallest absolute Gasteiger partial charge is 0.128 e. The first-order valence-electron chi connectivity index (χ1n) is 11.5. The van der Waals surface area contributed by atoms with Gasteiger partial charge in [0, 0.05) is 28.8 Å². The largest absolute Gasteiger partial charge is 0.507 e. The topological polar surface area (TPSA) is 32.6 Å². The van der Waals surface area contributed by atoms with Crippen LogP contribution >= 0.6 is 0 Å². The molecule has 2 nitrogen and oxygen atoms in total. The maximum Gasteiger partial charge on any atom is 0.128 e. The predicted octanol–water partition coefficient (Wildman–Crippen LogP) is 7.05. The van der Waals surface area contributed by atoms with Crippen molar-refractivity contribution in [1.29, 1.82) is 0 Å². The van der Waals surface area contributed by atoms with E-state index in [1.165, 1.54) is 12.8 Å². The summed E-state index contributed by atoms with van der Waals surface area (Å²) >= 11 is 0. The van der Waals surface area contributed by atoms with Gasteiger partial charge in [0.2, 0.25) is 0 Å². The summed E-state index contributed by atoms with van der Waals surface area (Å²) in [5.41, 5.74) is 4.71. The molecule has 0 unspecified atom stereocenters. The van der Waals surface area contributed by atoms with Crippen molar-refractivity contribution in [3.8, 4) is 5.75 Å². The molecule has 1 N–H and O–H groups in total. The molecule has 0 aromatic heterocycles. The van der Waals surface area contributed by atoms with Crippen molar-refractivity contribution in [3.63, 3.8) is 0 Å². The van der Waals surface area contributed by atoms with E-state index in [1.807, 2.05) is 24.4 Å². The third-order valence-corrected chi connectivity index (χ3v) is 6.93. The zero-order valence-corrected chi connectivity index (χ0v) is 18.9. The number of aliphatic imine (C=N–C) groups is 1. The summed E-state index contributed by atoms with van der Waals surface area (Å²) in [6, 6.07) is 25.4. The van der Waals surface area contributed by atoms with Gasteiger partial charge >= 0.3 is 0 Å². The van der Waals surface area contributed by atoms with Crippen LogP contribution in [0.15, 0.2) is 77.8 Å². The average Bonchev–Trinajstić information content (AvgIpc) is 2.81. The molecule has 1 aliphatic rings. The molecule has 160 valence electrons. The molecule has 2 heteroatoms. The molecule has 0 amide bonds. The van der Waals surface area contributed by atoms with E-state index in [-0.39, 0.29) is 0 Å². The lowest BCUT2D eigenvalue weighted by Gasteiger charge is -2.33. The van der Waals surface area contributed by atoms with E-state index in [0.717, 1.165) is 46.6 Å². The summed E-state index contributed by atoms with van der Waals surface area (Å²) in [5.74, 6) is 1.14. The van der Waals surface area contributed by atoms with Gasteiger partial charge in [0.15, 0.2) is 0 Å². The molecule has 0 heterocycles. The maximum absolute atomic E-state index is 11.5. The molecular formula is C29H33NO. The van der Waals surface area contributed by atoms with Crippen LogP contribution in [-0.4, -0.2) is 17.4 Å². The highest BCUT2D eigenvalue weighted by Crippen LogP contribution is 2.44. The molecule has 0 spiro atoms. The first-order chi connectivity index (χ1) is 15.0. The van der Waals surface area contributed by atoms with Crippen molar-refractivity contribution in [2.75, 3.05) is 0 Å². The monoisotopic (exact) mass is 411 g/mol. The molecule has 0 aliphatic heterocycles. The quantitative estimate of drug-likeness (QED) is 0.354. The zero-order chi connectivity index (χ0) is 21.8. The Morgan fingerprint density at radius 1 is 0.871 bits per heavy atom. The molecule has 1 fully saturated rings. The van der Waals surface area contributed by atoms with E-state index in [2.05, 4.69) is 75.4 Å². The zero-order valence-electron chi connectivity index (χ0n) is 18.9. The summed E-state index contributed by atoms with van der Waals surface area (Å²) in [6.07, 6.45) is 6.68. The Kier molecular flexibility index (Phi) is 6.27. The van der Waals surface area contributed by atoms with Gasteiger partial charge < -0.3 is 5.11 Å². The van der Waals surface area contributed by atoms with Gasteiger partial charge in [-0.3, -0.25) is 4.99 Å². The lowest BCUT2D eigenvalue weighted by atomic mass is 9.70. The van der Waals surface area contributed by atoms with E-state index in [1.54, 1.807) is 0 Å². The second-order valence-electron chi connectivity index (χ2n) is 9.30. The average molecular weight is 412 g/mol. The van der Waals surface area contributed by atoms with Crippen LogP contribution in [0, 0.1) is 12.8 Å². The van der Waals surface area contributed by atoms with Gasteiger partial charge in [-0.25, -0.2) is 0 Å². The molecule has 1 saturated carbocycles. The molecule has 0 bridgehead atoms. The Labute approximate surface area is 186 Å². The number of phenolic OH excluding ortho intramolecular Hbond substituents is 1. The molecular weight excluding hydrogens is 378 g/mol. The first kappa shape index (κ1) is 21.4. The summed E-state index contributed by atoms with van der Waals surface area (Å²) < 4.78 is 0. The molecule has 4 rings (SSSR count). The normalized spacial score (nSPS) is 19.6. The Balaban J connectivity index is 1.80. The van der Waals surface area contributed by atoms with Crippen LogP contribution in [0.1, 0.15) is 67.3 Å². The minimum atomic E-state index is -0.471. The highest BCUT2D eigenvalue weighted by Gasteiger charge is 2.34. The van der Waals surface area contributed by atoms with E-state index in [4.69, 9.17) is 4.99 Å². The Bertz CT molecular complexity index is 992. The van der Waals surface area contributed by atoms with Crippen LogP contribution in [0.5, 0.6) is 5.75 Å². The fourth-order valence-corrected chi connectivity index (χ4v) is 4.88. The van der Waals surface area contributed by atoms with Gasteiger partial charge in [-0.2, -0.15) is 0 Å². The molecule has 3 aromatic rings. The Hall–Kier alpha value is -2.87. The minimum Gasteiger partial charge on any atom is -0.507 e. The fraction of sp³-hybridized carbons (Fsp3) is 0.345. The van der Waals surface area contributed by atoms with Crippen LogP contribution in [0.4, 0.5) is 0 Å². The minimum absolute atomic E-state index is 0.328. The predicted molar refractivity (Wildman–Crippen MR) is 130 cm³/mol. The lowest BCUT2D eigenvalue weighted by molar-refractivity contribution is 0.350. The van der Waals surface area contributed by atoms with Gasteiger partial charge in [-0.15, -0.1) is 0 Å². The van der Waals surface area contributed by atoms with Crippen molar-refractivity contribution in [1.82, 2.24) is 0 Å². The number of benzene rings is 3. The van der Waals surface area contributed by atoms with Gasteiger partial charge in [-0.1, -0.05) is 73.7 Å².